The fourth-order valence-electron chi connectivity index (χ4n) is 3.07. The van der Waals surface area contributed by atoms with E-state index >= 15 is 0 Å². The van der Waals surface area contributed by atoms with Gasteiger partial charge in [0.05, 0.1) is 10.6 Å². The zero-order valence-corrected chi connectivity index (χ0v) is 22.0. The molecular formula is C22H31IN6O2S. The molecule has 0 spiro atoms. The number of guanidine groups is 1. The molecule has 2 aromatic heterocycles. The molecule has 2 N–H and O–H groups in total. The SMILES string of the molecule is CCNC(=NCc1nnc2ccccn12)NCCS(=O)(=O)c1ccc(C(C)(C)C)cc1.I. The Kier molecular flexibility index (Phi) is 9.02. The van der Waals surface area contributed by atoms with E-state index in [0.717, 1.165) is 11.2 Å². The number of halogens is 1. The number of nitrogens with one attached hydrogen (secondary N) is 2. The van der Waals surface area contributed by atoms with Crippen LogP contribution in [0, 0.1) is 0 Å². The van der Waals surface area contributed by atoms with Crippen molar-refractivity contribution in [1.29, 1.82) is 0 Å². The summed E-state index contributed by atoms with van der Waals surface area (Å²) in [7, 11) is -3.39. The lowest BCUT2D eigenvalue weighted by molar-refractivity contribution is 0.586. The van der Waals surface area contributed by atoms with Crippen LogP contribution in [0.3, 0.4) is 0 Å². The second kappa shape index (κ2) is 11.1. The summed E-state index contributed by atoms with van der Waals surface area (Å²) in [5.41, 5.74) is 1.85. The standard InChI is InChI=1S/C22H30N6O2S.HI/c1-5-23-21(25-16-20-27-26-19-8-6-7-14-28(19)20)24-13-15-31(29,30)18-11-9-17(10-12-18)22(2,3)4;/h6-12,14H,5,13,15-16H2,1-4H3,(H2,23,24,25);1H. The smallest absolute Gasteiger partial charge is 0.191 e. The van der Waals surface area contributed by atoms with E-state index in [9.17, 15) is 8.42 Å². The van der Waals surface area contributed by atoms with Crippen molar-refractivity contribution in [2.75, 3.05) is 18.8 Å². The van der Waals surface area contributed by atoms with Crippen molar-refractivity contribution in [2.24, 2.45) is 4.99 Å². The van der Waals surface area contributed by atoms with Gasteiger partial charge in [-0.15, -0.1) is 34.2 Å². The van der Waals surface area contributed by atoms with E-state index < -0.39 is 9.84 Å². The van der Waals surface area contributed by atoms with E-state index in [0.29, 0.717) is 29.8 Å². The third-order valence-corrected chi connectivity index (χ3v) is 6.58. The average molecular weight is 571 g/mol. The van der Waals surface area contributed by atoms with E-state index in [1.807, 2.05) is 47.9 Å². The second-order valence-corrected chi connectivity index (χ2v) is 10.4. The number of hydrogen-bond donors (Lipinski definition) is 2. The minimum atomic E-state index is -3.39. The van der Waals surface area contributed by atoms with Crippen molar-refractivity contribution in [2.45, 2.75) is 44.6 Å². The maximum atomic E-state index is 12.7. The van der Waals surface area contributed by atoms with Gasteiger partial charge in [-0.25, -0.2) is 13.4 Å². The number of nitrogens with zero attached hydrogens (tertiary/aromatic N) is 4. The van der Waals surface area contributed by atoms with Crippen LogP contribution in [0.25, 0.3) is 5.65 Å². The van der Waals surface area contributed by atoms with Gasteiger partial charge in [0, 0.05) is 19.3 Å². The van der Waals surface area contributed by atoms with Gasteiger partial charge in [-0.2, -0.15) is 0 Å². The molecule has 0 aliphatic heterocycles. The summed E-state index contributed by atoms with van der Waals surface area (Å²) >= 11 is 0. The highest BCUT2D eigenvalue weighted by Gasteiger charge is 2.17. The van der Waals surface area contributed by atoms with E-state index in [1.165, 1.54) is 0 Å². The van der Waals surface area contributed by atoms with Crippen molar-refractivity contribution >= 4 is 45.4 Å². The van der Waals surface area contributed by atoms with Crippen LogP contribution in [0.1, 0.15) is 39.1 Å². The van der Waals surface area contributed by atoms with Gasteiger partial charge >= 0.3 is 0 Å². The molecule has 32 heavy (non-hydrogen) atoms. The van der Waals surface area contributed by atoms with Crippen molar-refractivity contribution in [3.63, 3.8) is 0 Å². The molecule has 0 aliphatic rings. The zero-order chi connectivity index (χ0) is 22.5. The number of rotatable bonds is 7. The lowest BCUT2D eigenvalue weighted by atomic mass is 9.87. The van der Waals surface area contributed by atoms with Crippen molar-refractivity contribution < 1.29 is 8.42 Å². The highest BCUT2D eigenvalue weighted by atomic mass is 127. The molecule has 0 saturated heterocycles. The molecule has 0 saturated carbocycles. The van der Waals surface area contributed by atoms with E-state index in [4.69, 9.17) is 0 Å². The van der Waals surface area contributed by atoms with Gasteiger partial charge in [0.2, 0.25) is 0 Å². The summed E-state index contributed by atoms with van der Waals surface area (Å²) in [6, 6.07) is 12.8. The molecule has 3 aromatic rings. The quantitative estimate of drug-likeness (QED) is 0.257. The maximum Gasteiger partial charge on any atom is 0.191 e. The number of fused-ring (bicyclic) bond motifs is 1. The first-order chi connectivity index (χ1) is 14.7. The molecule has 8 nitrogen and oxygen atoms in total. The van der Waals surface area contributed by atoms with Crippen LogP contribution >= 0.6 is 24.0 Å². The number of aliphatic imine (C=N–C) groups is 1. The number of pyridine rings is 1. The lowest BCUT2D eigenvalue weighted by Gasteiger charge is -2.19. The lowest BCUT2D eigenvalue weighted by Crippen LogP contribution is -2.39. The van der Waals surface area contributed by atoms with E-state index in [2.05, 4.69) is 46.6 Å². The van der Waals surface area contributed by atoms with Gasteiger partial charge in [0.25, 0.3) is 0 Å². The Balaban J connectivity index is 0.00000363. The molecule has 0 aliphatic carbocycles. The molecule has 1 aromatic carbocycles. The zero-order valence-electron chi connectivity index (χ0n) is 18.9. The van der Waals surface area contributed by atoms with Gasteiger partial charge < -0.3 is 10.6 Å². The normalized spacial score (nSPS) is 12.4. The first-order valence-electron chi connectivity index (χ1n) is 10.3. The Morgan fingerprint density at radius 1 is 1.06 bits per heavy atom. The average Bonchev–Trinajstić information content (AvgIpc) is 3.14. The summed E-state index contributed by atoms with van der Waals surface area (Å²) in [5, 5.41) is 14.5. The molecule has 2 heterocycles. The minimum absolute atomic E-state index is 0. The van der Waals surface area contributed by atoms with Crippen LogP contribution in [0.4, 0.5) is 0 Å². The summed E-state index contributed by atoms with van der Waals surface area (Å²) in [5.74, 6) is 1.22. The number of benzene rings is 1. The number of aromatic nitrogens is 3. The van der Waals surface area contributed by atoms with Crippen LogP contribution in [-0.4, -0.2) is 47.8 Å². The van der Waals surface area contributed by atoms with Gasteiger partial charge in [-0.1, -0.05) is 39.0 Å². The first kappa shape index (κ1) is 26.0. The molecule has 174 valence electrons. The van der Waals surface area contributed by atoms with Crippen LogP contribution < -0.4 is 10.6 Å². The Morgan fingerprint density at radius 3 is 2.44 bits per heavy atom. The Labute approximate surface area is 206 Å². The minimum Gasteiger partial charge on any atom is -0.357 e. The molecule has 0 fully saturated rings. The van der Waals surface area contributed by atoms with Crippen LogP contribution in [0.2, 0.25) is 0 Å². The second-order valence-electron chi connectivity index (χ2n) is 8.26. The van der Waals surface area contributed by atoms with Gasteiger partial charge in [0.15, 0.2) is 27.3 Å². The molecule has 3 rings (SSSR count). The van der Waals surface area contributed by atoms with E-state index in [-0.39, 0.29) is 41.7 Å². The summed E-state index contributed by atoms with van der Waals surface area (Å²) in [6.07, 6.45) is 1.89. The largest absolute Gasteiger partial charge is 0.357 e. The van der Waals surface area contributed by atoms with Gasteiger partial charge in [-0.3, -0.25) is 4.40 Å². The Morgan fingerprint density at radius 2 is 1.78 bits per heavy atom. The Bertz CT molecular complexity index is 1150. The molecular weight excluding hydrogens is 539 g/mol. The predicted octanol–water partition coefficient (Wildman–Crippen LogP) is 3.17. The van der Waals surface area contributed by atoms with Gasteiger partial charge in [-0.05, 0) is 42.2 Å². The summed E-state index contributed by atoms with van der Waals surface area (Å²) < 4.78 is 27.3. The van der Waals surface area contributed by atoms with Gasteiger partial charge in [0.1, 0.15) is 6.54 Å². The molecule has 10 heteroatoms. The highest BCUT2D eigenvalue weighted by molar-refractivity contribution is 14.0. The number of hydrogen-bond acceptors (Lipinski definition) is 5. The van der Waals surface area contributed by atoms with Crippen LogP contribution in [-0.2, 0) is 21.8 Å². The van der Waals surface area contributed by atoms with Crippen LogP contribution in [0.15, 0.2) is 58.5 Å². The van der Waals surface area contributed by atoms with Crippen LogP contribution in [0.5, 0.6) is 0 Å². The molecule has 0 radical (unpaired) electrons. The highest BCUT2D eigenvalue weighted by Crippen LogP contribution is 2.23. The molecule has 0 atom stereocenters. The monoisotopic (exact) mass is 570 g/mol. The van der Waals surface area contributed by atoms with Crippen molar-refractivity contribution in [3.05, 3.63) is 60.0 Å². The number of sulfone groups is 1. The third kappa shape index (κ3) is 6.64. The fraction of sp³-hybridized carbons (Fsp3) is 0.409. The predicted molar refractivity (Wildman–Crippen MR) is 138 cm³/mol. The molecule has 0 unspecified atom stereocenters. The summed E-state index contributed by atoms with van der Waals surface area (Å²) in [6.45, 7) is 9.49. The van der Waals surface area contributed by atoms with Crippen molar-refractivity contribution in [3.8, 4) is 0 Å². The fourth-order valence-corrected chi connectivity index (χ4v) is 4.23. The topological polar surface area (TPSA) is 101 Å². The summed E-state index contributed by atoms with van der Waals surface area (Å²) in [4.78, 5) is 4.85. The third-order valence-electron chi connectivity index (χ3n) is 4.85. The Hall–Kier alpha value is -2.21. The first-order valence-corrected chi connectivity index (χ1v) is 12.0. The molecule has 0 amide bonds. The molecule has 0 bridgehead atoms. The maximum absolute atomic E-state index is 12.7. The van der Waals surface area contributed by atoms with E-state index in [1.54, 1.807) is 12.1 Å². The van der Waals surface area contributed by atoms with Crippen molar-refractivity contribution in [1.82, 2.24) is 25.2 Å².